The Labute approximate surface area is 183 Å². The summed E-state index contributed by atoms with van der Waals surface area (Å²) in [6.07, 6.45) is 5.65. The number of sulfonamides is 1. The van der Waals surface area contributed by atoms with Crippen LogP contribution in [0, 0.1) is 5.82 Å². The number of fused-ring (bicyclic) bond motifs is 1. The number of hydrogen-bond donors (Lipinski definition) is 1. The Morgan fingerprint density at radius 2 is 1.74 bits per heavy atom. The molecule has 2 aliphatic heterocycles. The summed E-state index contributed by atoms with van der Waals surface area (Å²) in [5.41, 5.74) is 2.23. The van der Waals surface area contributed by atoms with Gasteiger partial charge < -0.3 is 5.11 Å². The van der Waals surface area contributed by atoms with Crippen LogP contribution in [0.2, 0.25) is 0 Å². The summed E-state index contributed by atoms with van der Waals surface area (Å²) < 4.78 is 41.4. The SMILES string of the molecule is C/C=C/c1ccc([C@H]2[C@@H](CO)N3CCCCN(S(=O)(=O)c4ccc(F)cc4)C[C@@H]23)cc1. The third-order valence-corrected chi connectivity index (χ3v) is 8.34. The van der Waals surface area contributed by atoms with Gasteiger partial charge in [0.05, 0.1) is 11.5 Å². The van der Waals surface area contributed by atoms with E-state index in [0.717, 1.165) is 30.5 Å². The zero-order valence-corrected chi connectivity index (χ0v) is 18.5. The number of allylic oxidation sites excluding steroid dienone is 1. The number of aliphatic hydroxyl groups is 1. The molecule has 2 aliphatic rings. The first-order valence-electron chi connectivity index (χ1n) is 10.8. The molecule has 0 spiro atoms. The molecule has 0 aliphatic carbocycles. The van der Waals surface area contributed by atoms with Gasteiger partial charge in [0, 0.05) is 31.1 Å². The molecule has 7 heteroatoms. The molecule has 0 amide bonds. The lowest BCUT2D eigenvalue weighted by Gasteiger charge is -2.57. The highest BCUT2D eigenvalue weighted by Gasteiger charge is 2.50. The van der Waals surface area contributed by atoms with Gasteiger partial charge in [-0.2, -0.15) is 4.31 Å². The predicted molar refractivity (Wildman–Crippen MR) is 120 cm³/mol. The molecule has 2 saturated heterocycles. The van der Waals surface area contributed by atoms with Crippen LogP contribution < -0.4 is 0 Å². The summed E-state index contributed by atoms with van der Waals surface area (Å²) >= 11 is 0. The lowest BCUT2D eigenvalue weighted by Crippen LogP contribution is -2.67. The van der Waals surface area contributed by atoms with Crippen molar-refractivity contribution in [3.05, 3.63) is 71.6 Å². The molecule has 3 atom stereocenters. The van der Waals surface area contributed by atoms with Gasteiger partial charge in [-0.1, -0.05) is 36.4 Å². The lowest BCUT2D eigenvalue weighted by atomic mass is 9.74. The van der Waals surface area contributed by atoms with E-state index in [1.165, 1.54) is 28.6 Å². The van der Waals surface area contributed by atoms with Crippen molar-refractivity contribution in [2.75, 3.05) is 26.2 Å². The van der Waals surface area contributed by atoms with Gasteiger partial charge in [0.25, 0.3) is 0 Å². The molecule has 4 rings (SSSR count). The van der Waals surface area contributed by atoms with Crippen molar-refractivity contribution >= 4 is 16.1 Å². The highest BCUT2D eigenvalue weighted by molar-refractivity contribution is 7.89. The second-order valence-corrected chi connectivity index (χ2v) is 10.2. The van der Waals surface area contributed by atoms with Crippen molar-refractivity contribution in [3.63, 3.8) is 0 Å². The van der Waals surface area contributed by atoms with Crippen molar-refractivity contribution in [2.24, 2.45) is 0 Å². The number of benzene rings is 2. The van der Waals surface area contributed by atoms with Gasteiger partial charge in [0.2, 0.25) is 10.0 Å². The minimum atomic E-state index is -3.72. The third kappa shape index (κ3) is 4.32. The van der Waals surface area contributed by atoms with E-state index in [1.807, 2.05) is 19.1 Å². The molecule has 2 aromatic carbocycles. The average Bonchev–Trinajstić information content (AvgIpc) is 2.74. The summed E-state index contributed by atoms with van der Waals surface area (Å²) in [4.78, 5) is 2.36. The van der Waals surface area contributed by atoms with Gasteiger partial charge in [0.1, 0.15) is 5.82 Å². The van der Waals surface area contributed by atoms with Crippen LogP contribution in [0.15, 0.2) is 59.5 Å². The van der Waals surface area contributed by atoms with Crippen LogP contribution in [0.5, 0.6) is 0 Å². The fourth-order valence-electron chi connectivity index (χ4n) is 4.90. The van der Waals surface area contributed by atoms with Crippen molar-refractivity contribution in [1.29, 1.82) is 0 Å². The molecule has 5 nitrogen and oxygen atoms in total. The summed E-state index contributed by atoms with van der Waals surface area (Å²) in [6.45, 7) is 3.68. The van der Waals surface area contributed by atoms with E-state index in [2.05, 4.69) is 29.2 Å². The maximum absolute atomic E-state index is 13.3. The maximum Gasteiger partial charge on any atom is 0.243 e. The van der Waals surface area contributed by atoms with Crippen LogP contribution >= 0.6 is 0 Å². The molecule has 2 aromatic rings. The molecular weight excluding hydrogens is 415 g/mol. The van der Waals surface area contributed by atoms with E-state index in [9.17, 15) is 17.9 Å². The Balaban J connectivity index is 1.62. The fourth-order valence-corrected chi connectivity index (χ4v) is 6.40. The topological polar surface area (TPSA) is 60.9 Å². The molecule has 0 saturated carbocycles. The predicted octanol–water partition coefficient (Wildman–Crippen LogP) is 3.47. The van der Waals surface area contributed by atoms with E-state index in [-0.39, 0.29) is 29.5 Å². The fraction of sp³-hybridized carbons (Fsp3) is 0.417. The molecule has 31 heavy (non-hydrogen) atoms. The maximum atomic E-state index is 13.3. The molecule has 166 valence electrons. The first-order valence-corrected chi connectivity index (χ1v) is 12.2. The van der Waals surface area contributed by atoms with E-state index >= 15 is 0 Å². The molecule has 1 N–H and O–H groups in total. The normalized spacial score (nSPS) is 25.6. The minimum Gasteiger partial charge on any atom is -0.395 e. The lowest BCUT2D eigenvalue weighted by molar-refractivity contribution is -0.0553. The van der Waals surface area contributed by atoms with Crippen molar-refractivity contribution in [2.45, 2.75) is 42.7 Å². The highest BCUT2D eigenvalue weighted by Crippen LogP contribution is 2.42. The summed E-state index contributed by atoms with van der Waals surface area (Å²) in [5, 5.41) is 10.1. The first-order chi connectivity index (χ1) is 15.0. The van der Waals surface area contributed by atoms with Crippen molar-refractivity contribution in [3.8, 4) is 0 Å². The number of nitrogens with zero attached hydrogens (tertiary/aromatic N) is 2. The number of aliphatic hydroxyl groups excluding tert-OH is 1. The Kier molecular flexibility index (Phi) is 6.57. The van der Waals surface area contributed by atoms with Crippen molar-refractivity contribution in [1.82, 2.24) is 9.21 Å². The smallest absolute Gasteiger partial charge is 0.243 e. The Bertz CT molecular complexity index is 1020. The summed E-state index contributed by atoms with van der Waals surface area (Å²) in [6, 6.07) is 13.3. The molecule has 0 aromatic heterocycles. The molecular formula is C24H29FN2O3S. The molecule has 0 unspecified atom stereocenters. The first kappa shape index (κ1) is 22.1. The summed E-state index contributed by atoms with van der Waals surface area (Å²) in [7, 11) is -3.72. The van der Waals surface area contributed by atoms with Gasteiger partial charge in [-0.05, 0) is 61.7 Å². The Hall–Kier alpha value is -2.06. The second kappa shape index (κ2) is 9.20. The molecule has 2 fully saturated rings. The molecule has 2 heterocycles. The number of halogens is 1. The van der Waals surface area contributed by atoms with E-state index in [4.69, 9.17) is 0 Å². The number of hydrogen-bond acceptors (Lipinski definition) is 4. The highest BCUT2D eigenvalue weighted by atomic mass is 32.2. The van der Waals surface area contributed by atoms with Crippen LogP contribution in [0.3, 0.4) is 0 Å². The van der Waals surface area contributed by atoms with Gasteiger partial charge >= 0.3 is 0 Å². The summed E-state index contributed by atoms with van der Waals surface area (Å²) in [5.74, 6) is -0.391. The Morgan fingerprint density at radius 3 is 2.39 bits per heavy atom. The van der Waals surface area contributed by atoms with Crippen LogP contribution in [-0.2, 0) is 10.0 Å². The van der Waals surface area contributed by atoms with Gasteiger partial charge in [-0.3, -0.25) is 4.90 Å². The average molecular weight is 445 g/mol. The van der Waals surface area contributed by atoms with Crippen LogP contribution in [0.4, 0.5) is 4.39 Å². The molecule has 0 radical (unpaired) electrons. The van der Waals surface area contributed by atoms with Gasteiger partial charge in [0.15, 0.2) is 0 Å². The molecule has 0 bridgehead atoms. The van der Waals surface area contributed by atoms with Crippen LogP contribution in [-0.4, -0.2) is 61.1 Å². The second-order valence-electron chi connectivity index (χ2n) is 8.27. The van der Waals surface area contributed by atoms with Crippen molar-refractivity contribution < 1.29 is 17.9 Å². The monoisotopic (exact) mass is 444 g/mol. The van der Waals surface area contributed by atoms with Crippen LogP contribution in [0.1, 0.15) is 36.8 Å². The minimum absolute atomic E-state index is 0.000223. The zero-order chi connectivity index (χ0) is 22.0. The number of rotatable bonds is 5. The third-order valence-electron chi connectivity index (χ3n) is 6.46. The quantitative estimate of drug-likeness (QED) is 0.767. The standard InChI is InChI=1S/C24H29FN2O3S/c1-2-5-18-6-8-19(9-7-18)24-22-16-26(14-3-4-15-27(22)23(24)17-28)31(29,30)21-12-10-20(25)11-13-21/h2,5-13,22-24,28H,3-4,14-17H2,1H3/b5-2+/t22-,23+,24+/m0/s1. The zero-order valence-electron chi connectivity index (χ0n) is 17.7. The van der Waals surface area contributed by atoms with E-state index in [0.29, 0.717) is 13.1 Å². The van der Waals surface area contributed by atoms with Gasteiger partial charge in [-0.25, -0.2) is 12.8 Å². The van der Waals surface area contributed by atoms with E-state index < -0.39 is 15.8 Å². The van der Waals surface area contributed by atoms with Gasteiger partial charge in [-0.15, -0.1) is 0 Å². The Morgan fingerprint density at radius 1 is 1.06 bits per heavy atom. The van der Waals surface area contributed by atoms with Crippen LogP contribution in [0.25, 0.3) is 6.08 Å². The van der Waals surface area contributed by atoms with E-state index in [1.54, 1.807) is 0 Å². The largest absolute Gasteiger partial charge is 0.395 e.